The Bertz CT molecular complexity index is 795. The second-order valence-electron chi connectivity index (χ2n) is 4.25. The number of carbonyl (C=O) groups is 1. The molecule has 0 amide bonds. The van der Waals surface area contributed by atoms with Crippen LogP contribution in [0.3, 0.4) is 0 Å². The van der Waals surface area contributed by atoms with Crippen LogP contribution in [0.4, 0.5) is 5.69 Å². The second kappa shape index (κ2) is 4.65. The van der Waals surface area contributed by atoms with Gasteiger partial charge in [-0.15, -0.1) is 5.10 Å². The molecular weight excluding hydrogens is 256 g/mol. The van der Waals surface area contributed by atoms with Gasteiger partial charge in [0.2, 0.25) is 0 Å². The third-order valence-corrected chi connectivity index (χ3v) is 3.03. The Morgan fingerprint density at radius 3 is 2.80 bits per heavy atom. The van der Waals surface area contributed by atoms with Crippen molar-refractivity contribution in [3.8, 4) is 5.75 Å². The van der Waals surface area contributed by atoms with E-state index >= 15 is 0 Å². The Balaban J connectivity index is 2.09. The molecule has 1 aromatic heterocycles. The van der Waals surface area contributed by atoms with Gasteiger partial charge in [0.25, 0.3) is 5.91 Å². The number of ether oxygens (including phenoxy) is 1. The number of anilines is 1. The van der Waals surface area contributed by atoms with Gasteiger partial charge in [-0.1, -0.05) is 17.3 Å². The summed E-state index contributed by atoms with van der Waals surface area (Å²) in [6.45, 7) is 0. The summed E-state index contributed by atoms with van der Waals surface area (Å²) in [4.78, 5) is 12.5. The first-order valence-electron chi connectivity index (χ1n) is 5.99. The first kappa shape index (κ1) is 12.2. The molecule has 0 aliphatic rings. The van der Waals surface area contributed by atoms with E-state index < -0.39 is 0 Å². The van der Waals surface area contributed by atoms with Gasteiger partial charge in [-0.25, -0.2) is 0 Å². The summed E-state index contributed by atoms with van der Waals surface area (Å²) in [5.41, 5.74) is 7.90. The highest BCUT2D eigenvalue weighted by Crippen LogP contribution is 2.21. The number of para-hydroxylation sites is 1. The molecule has 3 aromatic rings. The van der Waals surface area contributed by atoms with E-state index in [0.29, 0.717) is 28.0 Å². The Morgan fingerprint density at radius 1 is 1.25 bits per heavy atom. The van der Waals surface area contributed by atoms with E-state index in [1.54, 1.807) is 37.4 Å². The summed E-state index contributed by atoms with van der Waals surface area (Å²) < 4.78 is 6.31. The lowest BCUT2D eigenvalue weighted by atomic mass is 10.1. The molecule has 6 heteroatoms. The maximum Gasteiger partial charge on any atom is 0.282 e. The van der Waals surface area contributed by atoms with E-state index in [0.717, 1.165) is 0 Å². The lowest BCUT2D eigenvalue weighted by Crippen LogP contribution is -2.15. The van der Waals surface area contributed by atoms with Gasteiger partial charge < -0.3 is 10.5 Å². The third-order valence-electron chi connectivity index (χ3n) is 3.03. The molecule has 0 spiro atoms. The molecule has 0 saturated carbocycles. The minimum Gasteiger partial charge on any atom is -0.497 e. The zero-order valence-corrected chi connectivity index (χ0v) is 10.8. The number of fused-ring (bicyclic) bond motifs is 1. The van der Waals surface area contributed by atoms with E-state index in [2.05, 4.69) is 10.3 Å². The lowest BCUT2D eigenvalue weighted by molar-refractivity contribution is 0.0949. The summed E-state index contributed by atoms with van der Waals surface area (Å²) in [5, 5.41) is 7.84. The zero-order valence-electron chi connectivity index (χ0n) is 10.8. The number of nitrogens with two attached hydrogens (primary N) is 1. The maximum absolute atomic E-state index is 12.5. The predicted octanol–water partition coefficient (Wildman–Crippen LogP) is 1.71. The number of rotatable bonds is 2. The molecule has 0 saturated heterocycles. The summed E-state index contributed by atoms with van der Waals surface area (Å²) in [6.07, 6.45) is 0. The Kier molecular flexibility index (Phi) is 2.83. The summed E-state index contributed by atoms with van der Waals surface area (Å²) in [5.74, 6) is 0.279. The quantitative estimate of drug-likeness (QED) is 0.715. The van der Waals surface area contributed by atoms with E-state index in [4.69, 9.17) is 10.5 Å². The molecule has 3 rings (SSSR count). The molecule has 2 N–H and O–H groups in total. The van der Waals surface area contributed by atoms with Crippen molar-refractivity contribution in [2.45, 2.75) is 0 Å². The predicted molar refractivity (Wildman–Crippen MR) is 74.7 cm³/mol. The average Bonchev–Trinajstić information content (AvgIpc) is 2.90. The van der Waals surface area contributed by atoms with Gasteiger partial charge >= 0.3 is 0 Å². The van der Waals surface area contributed by atoms with Crippen LogP contribution >= 0.6 is 0 Å². The van der Waals surface area contributed by atoms with Gasteiger partial charge in [-0.05, 0) is 24.3 Å². The van der Waals surface area contributed by atoms with Crippen molar-refractivity contribution in [1.82, 2.24) is 15.0 Å². The van der Waals surface area contributed by atoms with Gasteiger partial charge in [0.05, 0.1) is 18.2 Å². The van der Waals surface area contributed by atoms with Crippen LogP contribution in [-0.2, 0) is 0 Å². The Morgan fingerprint density at radius 2 is 2.05 bits per heavy atom. The average molecular weight is 268 g/mol. The minimum absolute atomic E-state index is 0.321. The van der Waals surface area contributed by atoms with E-state index in [-0.39, 0.29) is 5.91 Å². The molecule has 0 bridgehead atoms. The molecule has 0 aliphatic carbocycles. The van der Waals surface area contributed by atoms with Crippen LogP contribution in [0.5, 0.6) is 5.75 Å². The van der Waals surface area contributed by atoms with Crippen molar-refractivity contribution in [2.24, 2.45) is 0 Å². The number of aromatic nitrogens is 3. The normalized spacial score (nSPS) is 10.7. The number of benzene rings is 2. The van der Waals surface area contributed by atoms with Crippen LogP contribution in [0.25, 0.3) is 11.0 Å². The molecular formula is C14H12N4O2. The summed E-state index contributed by atoms with van der Waals surface area (Å²) in [6, 6.07) is 12.2. The fraction of sp³-hybridized carbons (Fsp3) is 0.0714. The van der Waals surface area contributed by atoms with Gasteiger partial charge in [0.1, 0.15) is 11.3 Å². The number of nitrogens with zero attached hydrogens (tertiary/aromatic N) is 3. The van der Waals surface area contributed by atoms with Crippen LogP contribution in [0.2, 0.25) is 0 Å². The molecule has 100 valence electrons. The van der Waals surface area contributed by atoms with Crippen molar-refractivity contribution in [1.29, 1.82) is 0 Å². The van der Waals surface area contributed by atoms with E-state index in [1.807, 2.05) is 12.1 Å². The monoisotopic (exact) mass is 268 g/mol. The smallest absolute Gasteiger partial charge is 0.282 e. The minimum atomic E-state index is -0.321. The number of nitrogen functional groups attached to an aromatic ring is 1. The largest absolute Gasteiger partial charge is 0.497 e. The number of methoxy groups -OCH3 is 1. The highest BCUT2D eigenvalue weighted by molar-refractivity contribution is 6.03. The van der Waals surface area contributed by atoms with Gasteiger partial charge in [0.15, 0.2) is 0 Å². The second-order valence-corrected chi connectivity index (χ2v) is 4.25. The van der Waals surface area contributed by atoms with Crippen molar-refractivity contribution < 1.29 is 9.53 Å². The van der Waals surface area contributed by atoms with E-state index in [1.165, 1.54) is 4.68 Å². The lowest BCUT2D eigenvalue weighted by Gasteiger charge is -2.07. The van der Waals surface area contributed by atoms with Gasteiger partial charge in [-0.2, -0.15) is 4.68 Å². The van der Waals surface area contributed by atoms with Crippen LogP contribution in [-0.4, -0.2) is 28.0 Å². The molecule has 1 heterocycles. The molecule has 0 atom stereocenters. The Labute approximate surface area is 114 Å². The fourth-order valence-electron chi connectivity index (χ4n) is 2.00. The van der Waals surface area contributed by atoms with Crippen LogP contribution in [0.1, 0.15) is 10.4 Å². The van der Waals surface area contributed by atoms with Crippen LogP contribution in [0.15, 0.2) is 42.5 Å². The molecule has 0 radical (unpaired) electrons. The van der Waals surface area contributed by atoms with E-state index in [9.17, 15) is 4.79 Å². The van der Waals surface area contributed by atoms with Crippen LogP contribution in [0, 0.1) is 0 Å². The van der Waals surface area contributed by atoms with Crippen LogP contribution < -0.4 is 10.5 Å². The molecule has 6 nitrogen and oxygen atoms in total. The first-order chi connectivity index (χ1) is 9.70. The fourth-order valence-corrected chi connectivity index (χ4v) is 2.00. The van der Waals surface area contributed by atoms with Gasteiger partial charge in [-0.3, -0.25) is 4.79 Å². The molecule has 0 unspecified atom stereocenters. The number of hydrogen-bond donors (Lipinski definition) is 1. The molecule has 2 aromatic carbocycles. The third kappa shape index (κ3) is 1.87. The maximum atomic E-state index is 12.5. The number of carbonyl (C=O) groups excluding carboxylic acids is 1. The molecule has 0 aliphatic heterocycles. The first-order valence-corrected chi connectivity index (χ1v) is 5.99. The zero-order chi connectivity index (χ0) is 14.1. The molecule has 20 heavy (non-hydrogen) atoms. The topological polar surface area (TPSA) is 83.0 Å². The van der Waals surface area contributed by atoms with Crippen molar-refractivity contribution in [3.05, 3.63) is 48.0 Å². The van der Waals surface area contributed by atoms with Gasteiger partial charge in [0, 0.05) is 11.8 Å². The SMILES string of the molecule is COc1ccc(C(=O)n2nnc3ccccc32)c(N)c1. The van der Waals surface area contributed by atoms with Crippen molar-refractivity contribution in [3.63, 3.8) is 0 Å². The highest BCUT2D eigenvalue weighted by atomic mass is 16.5. The Hall–Kier alpha value is -2.89. The van der Waals surface area contributed by atoms with Crippen molar-refractivity contribution >= 4 is 22.6 Å². The standard InChI is InChI=1S/C14H12N4O2/c1-20-9-6-7-10(11(15)8-9)14(19)18-13-5-3-2-4-12(13)16-17-18/h2-8H,15H2,1H3. The number of hydrogen-bond acceptors (Lipinski definition) is 5. The summed E-state index contributed by atoms with van der Waals surface area (Å²) >= 11 is 0. The molecule has 0 fully saturated rings. The summed E-state index contributed by atoms with van der Waals surface area (Å²) in [7, 11) is 1.54. The highest BCUT2D eigenvalue weighted by Gasteiger charge is 2.16. The van der Waals surface area contributed by atoms with Crippen molar-refractivity contribution in [2.75, 3.05) is 12.8 Å².